The number of carbonyl (C=O) groups is 1. The lowest BCUT2D eigenvalue weighted by Gasteiger charge is -2.34. The van der Waals surface area contributed by atoms with Gasteiger partial charge in [0.2, 0.25) is 5.91 Å². The average molecular weight is 396 g/mol. The number of carbonyl (C=O) groups excluding carboxylic acids is 1. The number of hydrogen-bond donors (Lipinski definition) is 1. The number of nitrogens with two attached hydrogens (primary N) is 1. The fraction of sp³-hybridized carbons (Fsp3) is 0.435. The van der Waals surface area contributed by atoms with Crippen LogP contribution in [0.5, 0.6) is 11.5 Å². The van der Waals surface area contributed by atoms with E-state index in [1.54, 1.807) is 14.2 Å². The summed E-state index contributed by atoms with van der Waals surface area (Å²) < 4.78 is 10.9. The number of benzene rings is 2. The smallest absolute Gasteiger partial charge is 0.240 e. The monoisotopic (exact) mass is 395 g/mol. The molecular formula is C23H29N3O3. The van der Waals surface area contributed by atoms with E-state index in [0.29, 0.717) is 25.3 Å². The topological polar surface area (TPSA) is 68.0 Å². The first kappa shape index (κ1) is 19.7. The molecule has 0 bridgehead atoms. The van der Waals surface area contributed by atoms with Gasteiger partial charge in [0.25, 0.3) is 0 Å². The van der Waals surface area contributed by atoms with Gasteiger partial charge in [0, 0.05) is 32.2 Å². The second-order valence-electron chi connectivity index (χ2n) is 7.91. The van der Waals surface area contributed by atoms with Crippen LogP contribution >= 0.6 is 0 Å². The van der Waals surface area contributed by atoms with Gasteiger partial charge in [-0.3, -0.25) is 9.69 Å². The molecule has 4 rings (SSSR count). The number of fused-ring (bicyclic) bond motifs is 1. The van der Waals surface area contributed by atoms with E-state index in [9.17, 15) is 4.79 Å². The summed E-state index contributed by atoms with van der Waals surface area (Å²) in [4.78, 5) is 17.6. The highest BCUT2D eigenvalue weighted by molar-refractivity contribution is 5.82. The Kier molecular flexibility index (Phi) is 5.74. The second-order valence-corrected chi connectivity index (χ2v) is 7.91. The molecule has 0 aliphatic carbocycles. The molecule has 2 aromatic carbocycles. The maximum Gasteiger partial charge on any atom is 0.240 e. The Morgan fingerprint density at radius 2 is 1.79 bits per heavy atom. The Hall–Kier alpha value is -2.57. The van der Waals surface area contributed by atoms with Gasteiger partial charge in [-0.25, -0.2) is 0 Å². The van der Waals surface area contributed by atoms with Crippen LogP contribution in [0.3, 0.4) is 0 Å². The van der Waals surface area contributed by atoms with E-state index in [1.807, 2.05) is 35.2 Å². The highest BCUT2D eigenvalue weighted by Gasteiger charge is 2.38. The normalized spacial score (nSPS) is 21.7. The van der Waals surface area contributed by atoms with Crippen LogP contribution in [-0.2, 0) is 24.3 Å². The molecule has 0 spiro atoms. The molecular weight excluding hydrogens is 366 g/mol. The van der Waals surface area contributed by atoms with E-state index in [1.165, 1.54) is 11.1 Å². The largest absolute Gasteiger partial charge is 0.493 e. The Balaban J connectivity index is 1.50. The van der Waals surface area contributed by atoms with E-state index in [2.05, 4.69) is 17.0 Å². The lowest BCUT2D eigenvalue weighted by Crippen LogP contribution is -2.47. The second kappa shape index (κ2) is 8.43. The minimum atomic E-state index is -0.160. The quantitative estimate of drug-likeness (QED) is 0.841. The average Bonchev–Trinajstić information content (AvgIpc) is 3.12. The molecule has 0 saturated carbocycles. The van der Waals surface area contributed by atoms with Crippen molar-refractivity contribution in [2.24, 2.45) is 5.73 Å². The van der Waals surface area contributed by atoms with Crippen LogP contribution in [0.25, 0.3) is 0 Å². The molecule has 0 aromatic heterocycles. The van der Waals surface area contributed by atoms with Gasteiger partial charge in [-0.1, -0.05) is 30.3 Å². The number of likely N-dealkylation sites (tertiary alicyclic amines) is 1. The predicted molar refractivity (Wildman–Crippen MR) is 112 cm³/mol. The molecule has 1 fully saturated rings. The number of methoxy groups -OCH3 is 2. The number of amides is 1. The molecule has 1 saturated heterocycles. The van der Waals surface area contributed by atoms with E-state index in [4.69, 9.17) is 15.2 Å². The van der Waals surface area contributed by atoms with E-state index < -0.39 is 0 Å². The van der Waals surface area contributed by atoms with Crippen LogP contribution < -0.4 is 15.2 Å². The van der Waals surface area contributed by atoms with Gasteiger partial charge in [-0.05, 0) is 41.7 Å². The lowest BCUT2D eigenvalue weighted by molar-refractivity contribution is -0.137. The molecule has 6 heteroatoms. The fourth-order valence-electron chi connectivity index (χ4n) is 4.47. The number of rotatable bonds is 5. The van der Waals surface area contributed by atoms with Gasteiger partial charge >= 0.3 is 0 Å². The molecule has 0 radical (unpaired) electrons. The Labute approximate surface area is 172 Å². The summed E-state index contributed by atoms with van der Waals surface area (Å²) in [7, 11) is 3.28. The van der Waals surface area contributed by atoms with Crippen molar-refractivity contribution in [3.63, 3.8) is 0 Å². The summed E-state index contributed by atoms with van der Waals surface area (Å²) >= 11 is 0. The standard InChI is InChI=1S/C23H29N3O3/c1-28-21-10-17-8-9-25(14-18(17)11-22(21)29-2)23(27)20-12-19(24)15-26(20)13-16-6-4-3-5-7-16/h3-7,10-11,19-20H,8-9,12-15,24H2,1-2H3/t19-,20+/m1/s1. The van der Waals surface area contributed by atoms with Gasteiger partial charge in [0.05, 0.1) is 20.3 Å². The molecule has 2 aliphatic heterocycles. The van der Waals surface area contributed by atoms with E-state index in [0.717, 1.165) is 30.8 Å². The zero-order valence-corrected chi connectivity index (χ0v) is 17.1. The van der Waals surface area contributed by atoms with E-state index >= 15 is 0 Å². The van der Waals surface area contributed by atoms with Crippen LogP contribution in [-0.4, -0.2) is 55.1 Å². The molecule has 2 aliphatic rings. The predicted octanol–water partition coefficient (Wildman–Crippen LogP) is 2.19. The highest BCUT2D eigenvalue weighted by Crippen LogP contribution is 2.34. The van der Waals surface area contributed by atoms with Crippen LogP contribution in [0.4, 0.5) is 0 Å². The van der Waals surface area contributed by atoms with Crippen molar-refractivity contribution in [2.75, 3.05) is 27.3 Å². The zero-order valence-electron chi connectivity index (χ0n) is 17.1. The van der Waals surface area contributed by atoms with Crippen molar-refractivity contribution in [3.8, 4) is 11.5 Å². The minimum absolute atomic E-state index is 0.0362. The Bertz CT molecular complexity index is 871. The first-order valence-electron chi connectivity index (χ1n) is 10.1. The van der Waals surface area contributed by atoms with Crippen LogP contribution in [0.15, 0.2) is 42.5 Å². The number of ether oxygens (including phenoxy) is 2. The molecule has 2 atom stereocenters. The van der Waals surface area contributed by atoms with Crippen molar-refractivity contribution in [2.45, 2.75) is 38.0 Å². The first-order chi connectivity index (χ1) is 14.1. The summed E-state index contributed by atoms with van der Waals surface area (Å²) in [6.07, 6.45) is 1.53. The SMILES string of the molecule is COc1cc2c(cc1OC)CN(C(=O)[C@@H]1C[C@@H](N)CN1Cc1ccccc1)CC2. The van der Waals surface area contributed by atoms with Gasteiger partial charge in [-0.2, -0.15) is 0 Å². The fourth-order valence-corrected chi connectivity index (χ4v) is 4.47. The summed E-state index contributed by atoms with van der Waals surface area (Å²) in [5.74, 6) is 1.62. The third kappa shape index (κ3) is 4.09. The third-order valence-electron chi connectivity index (χ3n) is 5.98. The van der Waals surface area contributed by atoms with Crippen molar-refractivity contribution in [1.29, 1.82) is 0 Å². The van der Waals surface area contributed by atoms with Gasteiger partial charge < -0.3 is 20.1 Å². The van der Waals surface area contributed by atoms with Crippen molar-refractivity contribution < 1.29 is 14.3 Å². The third-order valence-corrected chi connectivity index (χ3v) is 5.98. The van der Waals surface area contributed by atoms with Crippen molar-refractivity contribution >= 4 is 5.91 Å². The van der Waals surface area contributed by atoms with Gasteiger partial charge in [0.15, 0.2) is 11.5 Å². The zero-order chi connectivity index (χ0) is 20.4. The molecule has 0 unspecified atom stereocenters. The van der Waals surface area contributed by atoms with Crippen molar-refractivity contribution in [3.05, 3.63) is 59.2 Å². The number of hydrogen-bond acceptors (Lipinski definition) is 5. The molecule has 29 heavy (non-hydrogen) atoms. The molecule has 6 nitrogen and oxygen atoms in total. The van der Waals surface area contributed by atoms with Crippen LogP contribution in [0, 0.1) is 0 Å². The van der Waals surface area contributed by atoms with Gasteiger partial charge in [-0.15, -0.1) is 0 Å². The number of nitrogens with zero attached hydrogens (tertiary/aromatic N) is 2. The summed E-state index contributed by atoms with van der Waals surface area (Å²) in [5, 5.41) is 0. The summed E-state index contributed by atoms with van der Waals surface area (Å²) in [6, 6.07) is 14.2. The highest BCUT2D eigenvalue weighted by atomic mass is 16.5. The molecule has 154 valence electrons. The Morgan fingerprint density at radius 1 is 1.10 bits per heavy atom. The maximum absolute atomic E-state index is 13.4. The molecule has 1 amide bonds. The first-order valence-corrected chi connectivity index (χ1v) is 10.1. The van der Waals surface area contributed by atoms with Crippen LogP contribution in [0.1, 0.15) is 23.1 Å². The minimum Gasteiger partial charge on any atom is -0.493 e. The summed E-state index contributed by atoms with van der Waals surface area (Å²) in [6.45, 7) is 2.81. The summed E-state index contributed by atoms with van der Waals surface area (Å²) in [5.41, 5.74) is 9.79. The maximum atomic E-state index is 13.4. The molecule has 2 heterocycles. The van der Waals surface area contributed by atoms with Crippen molar-refractivity contribution in [1.82, 2.24) is 9.80 Å². The van der Waals surface area contributed by atoms with Crippen LogP contribution in [0.2, 0.25) is 0 Å². The van der Waals surface area contributed by atoms with Gasteiger partial charge in [0.1, 0.15) is 0 Å². The Morgan fingerprint density at radius 3 is 2.48 bits per heavy atom. The lowest BCUT2D eigenvalue weighted by atomic mass is 9.98. The van der Waals surface area contributed by atoms with E-state index in [-0.39, 0.29) is 18.0 Å². The molecule has 2 aromatic rings. The molecule has 2 N–H and O–H groups in total.